The summed E-state index contributed by atoms with van der Waals surface area (Å²) in [6.45, 7) is 13.8. The van der Waals surface area contributed by atoms with Gasteiger partial charge in [0.05, 0.1) is 145 Å². The fourth-order valence-corrected chi connectivity index (χ4v) is 2.88. The third kappa shape index (κ3) is 37.0. The lowest BCUT2D eigenvalue weighted by Gasteiger charge is -2.09. The van der Waals surface area contributed by atoms with Gasteiger partial charge in [0.25, 0.3) is 0 Å². The van der Waals surface area contributed by atoms with E-state index in [4.69, 9.17) is 62.6 Å². The second-order valence-corrected chi connectivity index (χ2v) is 8.50. The third-order valence-corrected chi connectivity index (χ3v) is 4.93. The van der Waals surface area contributed by atoms with Crippen LogP contribution in [0.3, 0.4) is 0 Å². The van der Waals surface area contributed by atoms with E-state index < -0.39 is 0 Å². The van der Waals surface area contributed by atoms with E-state index in [9.17, 15) is 4.79 Å². The van der Waals surface area contributed by atoms with Crippen molar-refractivity contribution in [1.29, 1.82) is 0 Å². The highest BCUT2D eigenvalue weighted by atomic mass is 16.6. The zero-order valence-corrected chi connectivity index (χ0v) is 25.8. The standard InChI is InChI=1S/C28H57NO13/c1-2-3-28(30)42-27-26-41-25-24-40-23-22-39-21-20-38-19-18-37-17-16-36-15-14-35-13-12-34-11-10-33-9-8-32-7-6-31-5-4-29/h2-27,29H2,1H3. The molecule has 0 aliphatic rings. The molecule has 0 spiro atoms. The van der Waals surface area contributed by atoms with Gasteiger partial charge >= 0.3 is 5.97 Å². The van der Waals surface area contributed by atoms with Gasteiger partial charge in [0.1, 0.15) is 6.61 Å². The Hall–Kier alpha value is -1.01. The Bertz CT molecular complexity index is 520. The van der Waals surface area contributed by atoms with E-state index in [0.717, 1.165) is 6.42 Å². The van der Waals surface area contributed by atoms with Crippen LogP contribution in [0, 0.1) is 0 Å². The minimum absolute atomic E-state index is 0.188. The number of carbonyl (C=O) groups is 1. The van der Waals surface area contributed by atoms with E-state index in [1.54, 1.807) is 0 Å². The lowest BCUT2D eigenvalue weighted by atomic mass is 10.3. The second kappa shape index (κ2) is 38.0. The molecule has 0 aromatic rings. The van der Waals surface area contributed by atoms with E-state index in [-0.39, 0.29) is 12.6 Å². The number of hydrogen-bond acceptors (Lipinski definition) is 14. The molecule has 14 heteroatoms. The van der Waals surface area contributed by atoms with E-state index in [0.29, 0.717) is 158 Å². The highest BCUT2D eigenvalue weighted by Crippen LogP contribution is 1.91. The Morgan fingerprint density at radius 2 is 0.595 bits per heavy atom. The summed E-state index contributed by atoms with van der Waals surface area (Å²) in [5, 5.41) is 0. The summed E-state index contributed by atoms with van der Waals surface area (Å²) in [5.74, 6) is -0.188. The van der Waals surface area contributed by atoms with Gasteiger partial charge in [-0.2, -0.15) is 0 Å². The number of nitrogens with two attached hydrogens (primary N) is 1. The Labute approximate surface area is 251 Å². The molecule has 0 atom stereocenters. The molecule has 0 saturated heterocycles. The number of hydrogen-bond donors (Lipinski definition) is 1. The predicted octanol–water partition coefficient (Wildman–Crippen LogP) is 0.471. The van der Waals surface area contributed by atoms with Crippen molar-refractivity contribution in [2.75, 3.05) is 159 Å². The van der Waals surface area contributed by atoms with Crippen LogP contribution >= 0.6 is 0 Å². The monoisotopic (exact) mass is 615 g/mol. The van der Waals surface area contributed by atoms with Crippen LogP contribution in [-0.2, 0) is 61.6 Å². The fraction of sp³-hybridized carbons (Fsp3) is 0.964. The van der Waals surface area contributed by atoms with Crippen molar-refractivity contribution >= 4 is 5.97 Å². The number of carbonyl (C=O) groups excluding carboxylic acids is 1. The van der Waals surface area contributed by atoms with Gasteiger partial charge < -0.3 is 62.6 Å². The molecule has 0 bridgehead atoms. The highest BCUT2D eigenvalue weighted by Gasteiger charge is 2.00. The topological polar surface area (TPSA) is 154 Å². The largest absolute Gasteiger partial charge is 0.463 e. The minimum atomic E-state index is -0.188. The van der Waals surface area contributed by atoms with Crippen LogP contribution in [0.5, 0.6) is 0 Å². The van der Waals surface area contributed by atoms with E-state index in [2.05, 4.69) is 0 Å². The maximum absolute atomic E-state index is 11.2. The zero-order valence-electron chi connectivity index (χ0n) is 25.8. The molecule has 0 aliphatic heterocycles. The molecule has 42 heavy (non-hydrogen) atoms. The molecule has 2 N–H and O–H groups in total. The first-order valence-electron chi connectivity index (χ1n) is 15.0. The normalized spacial score (nSPS) is 11.4. The van der Waals surface area contributed by atoms with Crippen molar-refractivity contribution in [2.45, 2.75) is 19.8 Å². The molecule has 0 aromatic carbocycles. The first-order valence-corrected chi connectivity index (χ1v) is 15.0. The Kier molecular flexibility index (Phi) is 37.1. The fourth-order valence-electron chi connectivity index (χ4n) is 2.88. The summed E-state index contributed by atoms with van der Waals surface area (Å²) in [4.78, 5) is 11.2. The second-order valence-electron chi connectivity index (χ2n) is 8.50. The van der Waals surface area contributed by atoms with Gasteiger partial charge in [0, 0.05) is 13.0 Å². The maximum atomic E-state index is 11.2. The molecule has 0 radical (unpaired) electrons. The average Bonchev–Trinajstić information content (AvgIpc) is 2.99. The van der Waals surface area contributed by atoms with Gasteiger partial charge in [-0.05, 0) is 6.42 Å². The van der Waals surface area contributed by atoms with Crippen LogP contribution in [0.2, 0.25) is 0 Å². The predicted molar refractivity (Wildman–Crippen MR) is 154 cm³/mol. The van der Waals surface area contributed by atoms with E-state index >= 15 is 0 Å². The Morgan fingerprint density at radius 3 is 0.810 bits per heavy atom. The summed E-state index contributed by atoms with van der Waals surface area (Å²) in [7, 11) is 0. The molecular weight excluding hydrogens is 558 g/mol. The van der Waals surface area contributed by atoms with Gasteiger partial charge in [-0.15, -0.1) is 0 Å². The Morgan fingerprint density at radius 1 is 0.381 bits per heavy atom. The highest BCUT2D eigenvalue weighted by molar-refractivity contribution is 5.69. The summed E-state index contributed by atoms with van der Waals surface area (Å²) in [6, 6.07) is 0. The van der Waals surface area contributed by atoms with Crippen LogP contribution in [0.25, 0.3) is 0 Å². The lowest BCUT2D eigenvalue weighted by molar-refractivity contribution is -0.145. The minimum Gasteiger partial charge on any atom is -0.463 e. The molecular formula is C28H57NO13. The van der Waals surface area contributed by atoms with E-state index in [1.165, 1.54) is 0 Å². The zero-order chi connectivity index (χ0) is 30.4. The van der Waals surface area contributed by atoms with Crippen LogP contribution in [0.1, 0.15) is 19.8 Å². The molecule has 0 aliphatic carbocycles. The SMILES string of the molecule is CCCC(=O)OCCOCCOCCOCCOCCOCCOCCOCCOCCOCCOCCOCCN. The molecule has 252 valence electrons. The Balaban J connectivity index is 3.05. The first-order chi connectivity index (χ1) is 20.8. The van der Waals surface area contributed by atoms with Gasteiger partial charge in [-0.25, -0.2) is 0 Å². The first kappa shape index (κ1) is 41.0. The number of ether oxygens (including phenoxy) is 12. The van der Waals surface area contributed by atoms with Crippen LogP contribution in [-0.4, -0.2) is 164 Å². The smallest absolute Gasteiger partial charge is 0.305 e. The molecule has 0 heterocycles. The molecule has 0 saturated carbocycles. The van der Waals surface area contributed by atoms with Crippen molar-refractivity contribution < 1.29 is 61.6 Å². The summed E-state index contributed by atoms with van der Waals surface area (Å²) >= 11 is 0. The van der Waals surface area contributed by atoms with Gasteiger partial charge in [-0.3, -0.25) is 4.79 Å². The van der Waals surface area contributed by atoms with Crippen molar-refractivity contribution in [3.05, 3.63) is 0 Å². The summed E-state index contributed by atoms with van der Waals surface area (Å²) < 4.78 is 64.4. The molecule has 0 amide bonds. The third-order valence-electron chi connectivity index (χ3n) is 4.93. The quantitative estimate of drug-likeness (QED) is 0.0761. The molecule has 0 rings (SSSR count). The van der Waals surface area contributed by atoms with Crippen molar-refractivity contribution in [2.24, 2.45) is 5.73 Å². The van der Waals surface area contributed by atoms with Crippen LogP contribution < -0.4 is 5.73 Å². The summed E-state index contributed by atoms with van der Waals surface area (Å²) in [6.07, 6.45) is 1.23. The summed E-state index contributed by atoms with van der Waals surface area (Å²) in [5.41, 5.74) is 5.32. The number of rotatable bonds is 37. The molecule has 0 fully saturated rings. The van der Waals surface area contributed by atoms with Gasteiger partial charge in [-0.1, -0.05) is 6.92 Å². The maximum Gasteiger partial charge on any atom is 0.305 e. The molecule has 0 unspecified atom stereocenters. The van der Waals surface area contributed by atoms with Gasteiger partial charge in [0.2, 0.25) is 0 Å². The van der Waals surface area contributed by atoms with Gasteiger partial charge in [0.15, 0.2) is 0 Å². The molecule has 0 aromatic heterocycles. The lowest BCUT2D eigenvalue weighted by Crippen LogP contribution is -2.16. The van der Waals surface area contributed by atoms with Crippen molar-refractivity contribution in [1.82, 2.24) is 0 Å². The van der Waals surface area contributed by atoms with Crippen LogP contribution in [0.4, 0.5) is 0 Å². The van der Waals surface area contributed by atoms with Crippen LogP contribution in [0.15, 0.2) is 0 Å². The van der Waals surface area contributed by atoms with Crippen molar-refractivity contribution in [3.8, 4) is 0 Å². The molecule has 14 nitrogen and oxygen atoms in total. The van der Waals surface area contributed by atoms with Crippen molar-refractivity contribution in [3.63, 3.8) is 0 Å². The number of esters is 1. The van der Waals surface area contributed by atoms with E-state index in [1.807, 2.05) is 6.92 Å². The average molecular weight is 616 g/mol.